The van der Waals surface area contributed by atoms with E-state index < -0.39 is 0 Å². The molecule has 0 fully saturated rings. The highest BCUT2D eigenvalue weighted by Gasteiger charge is 2.25. The molecule has 0 saturated carbocycles. The second-order valence-electron chi connectivity index (χ2n) is 7.50. The first kappa shape index (κ1) is 16.6. The van der Waals surface area contributed by atoms with Crippen LogP contribution in [0.25, 0.3) is 44.5 Å². The first-order valence-electron chi connectivity index (χ1n) is 9.41. The molecule has 2 nitrogen and oxygen atoms in total. The molecule has 0 atom stereocenters. The summed E-state index contributed by atoms with van der Waals surface area (Å²) in [5.41, 5.74) is 9.88. The topological polar surface area (TPSA) is 40.5 Å². The fourth-order valence-electron chi connectivity index (χ4n) is 4.29. The van der Waals surface area contributed by atoms with Crippen LogP contribution in [0.5, 0.6) is 11.5 Å². The van der Waals surface area contributed by atoms with Gasteiger partial charge in [0.1, 0.15) is 11.5 Å². The number of benzene rings is 4. The van der Waals surface area contributed by atoms with Gasteiger partial charge in [0.05, 0.1) is 0 Å². The molecule has 0 aliphatic heterocycles. The van der Waals surface area contributed by atoms with Gasteiger partial charge in [0.15, 0.2) is 0 Å². The van der Waals surface area contributed by atoms with Crippen LogP contribution in [0.4, 0.5) is 0 Å². The van der Waals surface area contributed by atoms with Gasteiger partial charge in [0, 0.05) is 11.1 Å². The Bertz CT molecular complexity index is 1150. The third-order valence-corrected chi connectivity index (χ3v) is 5.56. The first-order valence-corrected chi connectivity index (χ1v) is 9.41. The van der Waals surface area contributed by atoms with E-state index in [1.54, 1.807) is 12.1 Å². The highest BCUT2D eigenvalue weighted by atomic mass is 16.3. The van der Waals surface area contributed by atoms with Crippen molar-refractivity contribution in [3.63, 3.8) is 0 Å². The summed E-state index contributed by atoms with van der Waals surface area (Å²) in [7, 11) is 0. The molecular formula is C26H20O2. The Morgan fingerprint density at radius 3 is 1.32 bits per heavy atom. The van der Waals surface area contributed by atoms with Crippen molar-refractivity contribution in [2.45, 2.75) is 13.8 Å². The summed E-state index contributed by atoms with van der Waals surface area (Å²) in [6.07, 6.45) is 0. The fraction of sp³-hybridized carbons (Fsp3) is 0.0769. The number of phenols is 2. The SMILES string of the molecule is Cc1ccc2c(c1)-c1cccc(O)c1-c1c(O)cccc1-c1cc(C)ccc1-2. The molecule has 1 aliphatic rings. The monoisotopic (exact) mass is 364 g/mol. The molecule has 0 heterocycles. The highest BCUT2D eigenvalue weighted by molar-refractivity contribution is 6.06. The van der Waals surface area contributed by atoms with Gasteiger partial charge in [0.25, 0.3) is 0 Å². The summed E-state index contributed by atoms with van der Waals surface area (Å²) >= 11 is 0. The van der Waals surface area contributed by atoms with Gasteiger partial charge in [-0.3, -0.25) is 0 Å². The lowest BCUT2D eigenvalue weighted by Crippen LogP contribution is -1.98. The Morgan fingerprint density at radius 1 is 0.464 bits per heavy atom. The second-order valence-corrected chi connectivity index (χ2v) is 7.50. The van der Waals surface area contributed by atoms with Gasteiger partial charge in [-0.1, -0.05) is 71.8 Å². The lowest BCUT2D eigenvalue weighted by molar-refractivity contribution is 0.469. The molecule has 0 radical (unpaired) electrons. The Kier molecular flexibility index (Phi) is 3.56. The third-order valence-electron chi connectivity index (χ3n) is 5.56. The van der Waals surface area contributed by atoms with Gasteiger partial charge in [-0.05, 0) is 59.4 Å². The van der Waals surface area contributed by atoms with E-state index in [1.807, 2.05) is 24.3 Å². The Balaban J connectivity index is 2.05. The highest BCUT2D eigenvalue weighted by Crippen LogP contribution is 2.52. The first-order chi connectivity index (χ1) is 13.5. The third kappa shape index (κ3) is 2.35. The molecule has 4 aromatic carbocycles. The summed E-state index contributed by atoms with van der Waals surface area (Å²) < 4.78 is 0. The molecule has 0 unspecified atom stereocenters. The average molecular weight is 364 g/mol. The maximum Gasteiger partial charge on any atom is 0.124 e. The van der Waals surface area contributed by atoms with E-state index in [-0.39, 0.29) is 11.5 Å². The smallest absolute Gasteiger partial charge is 0.124 e. The van der Waals surface area contributed by atoms with Gasteiger partial charge in [-0.15, -0.1) is 0 Å². The van der Waals surface area contributed by atoms with Crippen LogP contribution in [0.3, 0.4) is 0 Å². The van der Waals surface area contributed by atoms with Gasteiger partial charge < -0.3 is 10.2 Å². The molecule has 0 amide bonds. The number of fused-ring (bicyclic) bond motifs is 8. The molecule has 2 heteroatoms. The van der Waals surface area contributed by atoms with Gasteiger partial charge in [0.2, 0.25) is 0 Å². The van der Waals surface area contributed by atoms with Crippen LogP contribution in [-0.2, 0) is 0 Å². The van der Waals surface area contributed by atoms with Gasteiger partial charge in [-0.25, -0.2) is 0 Å². The van der Waals surface area contributed by atoms with Crippen LogP contribution >= 0.6 is 0 Å². The number of aryl methyl sites for hydroxylation is 2. The van der Waals surface area contributed by atoms with E-state index in [1.165, 1.54) is 0 Å². The fourth-order valence-corrected chi connectivity index (χ4v) is 4.29. The minimum Gasteiger partial charge on any atom is -0.507 e. The summed E-state index contributed by atoms with van der Waals surface area (Å²) in [5.74, 6) is 0.340. The zero-order valence-corrected chi connectivity index (χ0v) is 15.8. The van der Waals surface area contributed by atoms with Crippen LogP contribution in [-0.4, -0.2) is 10.2 Å². The standard InChI is InChI=1S/C26H20O2/c1-15-9-11-17-18-12-10-16(2)14-22(18)20-6-4-8-24(28)26(20)25-19(21(17)13-15)5-3-7-23(25)27/h3-14,27-28H,1-2H3. The lowest BCUT2D eigenvalue weighted by atomic mass is 9.79. The van der Waals surface area contributed by atoms with Crippen molar-refractivity contribution in [3.8, 4) is 56.0 Å². The van der Waals surface area contributed by atoms with Crippen molar-refractivity contribution < 1.29 is 10.2 Å². The lowest BCUT2D eigenvalue weighted by Gasteiger charge is -2.24. The number of phenolic OH excluding ortho intramolecular Hbond substituents is 2. The summed E-state index contributed by atoms with van der Waals surface area (Å²) in [6.45, 7) is 4.14. The van der Waals surface area contributed by atoms with Gasteiger partial charge >= 0.3 is 0 Å². The molecule has 0 aromatic heterocycles. The molecule has 0 bridgehead atoms. The average Bonchev–Trinajstić information content (AvgIpc) is 2.67. The molecule has 28 heavy (non-hydrogen) atoms. The molecule has 2 N–H and O–H groups in total. The molecule has 4 aromatic rings. The minimum absolute atomic E-state index is 0.170. The van der Waals surface area contributed by atoms with Crippen molar-refractivity contribution in [1.82, 2.24) is 0 Å². The maximum absolute atomic E-state index is 10.8. The number of aromatic hydroxyl groups is 2. The van der Waals surface area contributed by atoms with Crippen LogP contribution < -0.4 is 0 Å². The molecule has 5 rings (SSSR count). The molecule has 0 spiro atoms. The van der Waals surface area contributed by atoms with Crippen molar-refractivity contribution in [2.24, 2.45) is 0 Å². The van der Waals surface area contributed by atoms with Crippen molar-refractivity contribution in [3.05, 3.63) is 83.9 Å². The quantitative estimate of drug-likeness (QED) is 0.321. The second kappa shape index (κ2) is 6.00. The van der Waals surface area contributed by atoms with Crippen LogP contribution in [0, 0.1) is 13.8 Å². The molecule has 1 aliphatic carbocycles. The maximum atomic E-state index is 10.8. The Hall–Kier alpha value is -3.52. The van der Waals surface area contributed by atoms with E-state index in [4.69, 9.17) is 0 Å². The minimum atomic E-state index is 0.170. The summed E-state index contributed by atoms with van der Waals surface area (Å²) in [6, 6.07) is 24.0. The molecular weight excluding hydrogens is 344 g/mol. The van der Waals surface area contributed by atoms with E-state index >= 15 is 0 Å². The van der Waals surface area contributed by atoms with E-state index in [0.29, 0.717) is 11.1 Å². The Labute approximate surface area is 164 Å². The Morgan fingerprint density at radius 2 is 0.893 bits per heavy atom. The summed E-state index contributed by atoms with van der Waals surface area (Å²) in [5, 5.41) is 21.7. The number of hydrogen-bond donors (Lipinski definition) is 2. The van der Waals surface area contributed by atoms with Crippen LogP contribution in [0.2, 0.25) is 0 Å². The number of hydrogen-bond acceptors (Lipinski definition) is 2. The molecule has 136 valence electrons. The summed E-state index contributed by atoms with van der Waals surface area (Å²) in [4.78, 5) is 0. The number of rotatable bonds is 0. The van der Waals surface area contributed by atoms with Gasteiger partial charge in [-0.2, -0.15) is 0 Å². The van der Waals surface area contributed by atoms with Crippen LogP contribution in [0.1, 0.15) is 11.1 Å². The van der Waals surface area contributed by atoms with E-state index in [9.17, 15) is 10.2 Å². The zero-order valence-electron chi connectivity index (χ0n) is 15.8. The van der Waals surface area contributed by atoms with Crippen molar-refractivity contribution in [1.29, 1.82) is 0 Å². The predicted octanol–water partition coefficient (Wildman–Crippen LogP) is 6.70. The van der Waals surface area contributed by atoms with E-state index in [0.717, 1.165) is 44.5 Å². The largest absolute Gasteiger partial charge is 0.507 e. The van der Waals surface area contributed by atoms with E-state index in [2.05, 4.69) is 50.2 Å². The normalized spacial score (nSPS) is 11.5. The van der Waals surface area contributed by atoms with Crippen LogP contribution in [0.15, 0.2) is 72.8 Å². The molecule has 0 saturated heterocycles. The zero-order chi connectivity index (χ0) is 19.4. The predicted molar refractivity (Wildman–Crippen MR) is 115 cm³/mol. The van der Waals surface area contributed by atoms with Crippen molar-refractivity contribution >= 4 is 0 Å². The van der Waals surface area contributed by atoms with Crippen molar-refractivity contribution in [2.75, 3.05) is 0 Å².